The van der Waals surface area contributed by atoms with Crippen LogP contribution in [0.25, 0.3) is 0 Å². The molecule has 0 spiro atoms. The van der Waals surface area contributed by atoms with Crippen LogP contribution in [0.3, 0.4) is 0 Å². The van der Waals surface area contributed by atoms with Gasteiger partial charge in [-0.15, -0.1) is 0 Å². The standard InChI is InChI=1S/C17H21ClN4O3S/c1-12(2)22-16(7-8-19-22)20-17(23)13-5-6-14(18)15(11-13)26(24,25)21-9-3-4-10-21/h5-8,11-12H,3-4,9-10H2,1-2H3,(H,20,23). The summed E-state index contributed by atoms with van der Waals surface area (Å²) in [6, 6.07) is 6.06. The van der Waals surface area contributed by atoms with Crippen LogP contribution >= 0.6 is 11.6 Å². The Morgan fingerprint density at radius 2 is 1.92 bits per heavy atom. The van der Waals surface area contributed by atoms with Crippen LogP contribution in [-0.4, -0.2) is 41.5 Å². The summed E-state index contributed by atoms with van der Waals surface area (Å²) in [5.74, 6) is 0.130. The van der Waals surface area contributed by atoms with Gasteiger partial charge in [0.1, 0.15) is 10.7 Å². The third-order valence-electron chi connectivity index (χ3n) is 4.28. The van der Waals surface area contributed by atoms with E-state index >= 15 is 0 Å². The average Bonchev–Trinajstić information content (AvgIpc) is 3.26. The van der Waals surface area contributed by atoms with Crippen molar-refractivity contribution in [2.45, 2.75) is 37.6 Å². The summed E-state index contributed by atoms with van der Waals surface area (Å²) in [6.45, 7) is 4.85. The number of benzene rings is 1. The number of rotatable bonds is 5. The third-order valence-corrected chi connectivity index (χ3v) is 6.66. The summed E-state index contributed by atoms with van der Waals surface area (Å²) in [4.78, 5) is 12.6. The second-order valence-corrected chi connectivity index (χ2v) is 8.78. The van der Waals surface area contributed by atoms with Crippen molar-refractivity contribution in [3.63, 3.8) is 0 Å². The predicted molar refractivity (Wildman–Crippen MR) is 100 cm³/mol. The maximum absolute atomic E-state index is 12.8. The molecule has 2 heterocycles. The lowest BCUT2D eigenvalue weighted by atomic mass is 10.2. The molecule has 9 heteroatoms. The Bertz CT molecular complexity index is 918. The van der Waals surface area contributed by atoms with Crippen LogP contribution in [0.1, 0.15) is 43.1 Å². The van der Waals surface area contributed by atoms with Gasteiger partial charge in [-0.2, -0.15) is 9.40 Å². The molecule has 0 aliphatic carbocycles. The second kappa shape index (κ2) is 7.38. The molecule has 0 radical (unpaired) electrons. The van der Waals surface area contributed by atoms with Crippen molar-refractivity contribution in [1.82, 2.24) is 14.1 Å². The summed E-state index contributed by atoms with van der Waals surface area (Å²) in [7, 11) is -3.71. The highest BCUT2D eigenvalue weighted by atomic mass is 35.5. The minimum Gasteiger partial charge on any atom is -0.307 e. The zero-order valence-corrected chi connectivity index (χ0v) is 16.2. The van der Waals surface area contributed by atoms with Crippen molar-refractivity contribution >= 4 is 33.3 Å². The number of carbonyl (C=O) groups excluding carboxylic acids is 1. The van der Waals surface area contributed by atoms with Crippen LogP contribution < -0.4 is 5.32 Å². The van der Waals surface area contributed by atoms with Gasteiger partial charge < -0.3 is 5.32 Å². The minimum absolute atomic E-state index is 0.0360. The predicted octanol–water partition coefficient (Wildman–Crippen LogP) is 3.15. The van der Waals surface area contributed by atoms with Crippen LogP contribution in [0.2, 0.25) is 5.02 Å². The van der Waals surface area contributed by atoms with Crippen LogP contribution in [0, 0.1) is 0 Å². The monoisotopic (exact) mass is 396 g/mol. The van der Waals surface area contributed by atoms with Gasteiger partial charge in [0.05, 0.1) is 11.2 Å². The van der Waals surface area contributed by atoms with Crippen LogP contribution in [-0.2, 0) is 10.0 Å². The van der Waals surface area contributed by atoms with E-state index in [4.69, 9.17) is 11.6 Å². The highest BCUT2D eigenvalue weighted by Crippen LogP contribution is 2.28. The number of hydrogen-bond donors (Lipinski definition) is 1. The highest BCUT2D eigenvalue weighted by molar-refractivity contribution is 7.89. The van der Waals surface area contributed by atoms with E-state index in [1.807, 2.05) is 13.8 Å². The second-order valence-electron chi connectivity index (χ2n) is 6.47. The van der Waals surface area contributed by atoms with Crippen molar-refractivity contribution in [3.8, 4) is 0 Å². The smallest absolute Gasteiger partial charge is 0.256 e. The quantitative estimate of drug-likeness (QED) is 0.841. The first-order chi connectivity index (χ1) is 12.3. The first-order valence-corrected chi connectivity index (χ1v) is 10.3. The Balaban J connectivity index is 1.89. The Hall–Kier alpha value is -1.90. The number of halogens is 1. The number of carbonyl (C=O) groups is 1. The SMILES string of the molecule is CC(C)n1nccc1NC(=O)c1ccc(Cl)c(S(=O)(=O)N2CCCC2)c1. The van der Waals surface area contributed by atoms with Gasteiger partial charge >= 0.3 is 0 Å². The summed E-state index contributed by atoms with van der Waals surface area (Å²) >= 11 is 6.12. The topological polar surface area (TPSA) is 84.3 Å². The molecule has 3 rings (SSSR count). The average molecular weight is 397 g/mol. The van der Waals surface area contributed by atoms with Crippen LogP contribution in [0.4, 0.5) is 5.82 Å². The molecule has 0 bridgehead atoms. The van der Waals surface area contributed by atoms with E-state index in [9.17, 15) is 13.2 Å². The summed E-state index contributed by atoms with van der Waals surface area (Å²) in [5, 5.41) is 7.04. The lowest BCUT2D eigenvalue weighted by molar-refractivity contribution is 0.102. The Morgan fingerprint density at radius 1 is 1.23 bits per heavy atom. The van der Waals surface area contributed by atoms with Crippen LogP contribution in [0.5, 0.6) is 0 Å². The number of anilines is 1. The molecule has 1 fully saturated rings. The molecule has 0 unspecified atom stereocenters. The van der Waals surface area contributed by atoms with E-state index in [-0.39, 0.29) is 21.5 Å². The molecule has 1 amide bonds. The molecule has 1 aromatic carbocycles. The molecule has 0 saturated carbocycles. The number of sulfonamides is 1. The van der Waals surface area contributed by atoms with E-state index in [0.29, 0.717) is 18.9 Å². The third kappa shape index (κ3) is 3.62. The molecule has 140 valence electrons. The van der Waals surface area contributed by atoms with Gasteiger partial charge in [-0.05, 0) is 44.9 Å². The number of hydrogen-bond acceptors (Lipinski definition) is 4. The summed E-state index contributed by atoms with van der Waals surface area (Å²) < 4.78 is 28.7. The fourth-order valence-corrected chi connectivity index (χ4v) is 4.94. The van der Waals surface area contributed by atoms with E-state index in [0.717, 1.165) is 12.8 Å². The molecule has 1 aromatic heterocycles. The molecule has 26 heavy (non-hydrogen) atoms. The van der Waals surface area contributed by atoms with Crippen molar-refractivity contribution in [1.29, 1.82) is 0 Å². The maximum Gasteiger partial charge on any atom is 0.256 e. The van der Waals surface area contributed by atoms with Crippen molar-refractivity contribution in [3.05, 3.63) is 41.0 Å². The highest BCUT2D eigenvalue weighted by Gasteiger charge is 2.29. The van der Waals surface area contributed by atoms with Crippen molar-refractivity contribution in [2.24, 2.45) is 0 Å². The molecule has 0 atom stereocenters. The zero-order chi connectivity index (χ0) is 18.9. The first kappa shape index (κ1) is 18.9. The largest absolute Gasteiger partial charge is 0.307 e. The van der Waals surface area contributed by atoms with Gasteiger partial charge in [0.15, 0.2) is 0 Å². The van der Waals surface area contributed by atoms with Gasteiger partial charge in [0.25, 0.3) is 5.91 Å². The fraction of sp³-hybridized carbons (Fsp3) is 0.412. The Labute approximate surface area is 158 Å². The number of nitrogens with zero attached hydrogens (tertiary/aromatic N) is 3. The minimum atomic E-state index is -3.71. The normalized spacial score (nSPS) is 15.5. The van der Waals surface area contributed by atoms with Crippen LogP contribution in [0.15, 0.2) is 35.4 Å². The number of nitrogens with one attached hydrogen (secondary N) is 1. The molecule has 2 aromatic rings. The summed E-state index contributed by atoms with van der Waals surface area (Å²) in [6.07, 6.45) is 3.26. The molecule has 1 aliphatic rings. The van der Waals surface area contributed by atoms with E-state index in [1.165, 1.54) is 22.5 Å². The maximum atomic E-state index is 12.8. The Kier molecular flexibility index (Phi) is 5.36. The molecule has 1 saturated heterocycles. The number of aromatic nitrogens is 2. The molecule has 1 N–H and O–H groups in total. The van der Waals surface area contributed by atoms with E-state index in [1.54, 1.807) is 16.9 Å². The fourth-order valence-electron chi connectivity index (χ4n) is 2.92. The van der Waals surface area contributed by atoms with E-state index < -0.39 is 15.9 Å². The molecule has 7 nitrogen and oxygen atoms in total. The van der Waals surface area contributed by atoms with Gasteiger partial charge in [0, 0.05) is 30.8 Å². The lowest BCUT2D eigenvalue weighted by Crippen LogP contribution is -2.28. The van der Waals surface area contributed by atoms with Gasteiger partial charge in [-0.25, -0.2) is 13.1 Å². The van der Waals surface area contributed by atoms with E-state index in [2.05, 4.69) is 10.4 Å². The lowest BCUT2D eigenvalue weighted by Gasteiger charge is -2.17. The van der Waals surface area contributed by atoms with Gasteiger partial charge in [-0.1, -0.05) is 11.6 Å². The molecular weight excluding hydrogens is 376 g/mol. The first-order valence-electron chi connectivity index (χ1n) is 8.45. The molecule has 1 aliphatic heterocycles. The van der Waals surface area contributed by atoms with Crippen molar-refractivity contribution < 1.29 is 13.2 Å². The zero-order valence-electron chi connectivity index (χ0n) is 14.6. The number of amides is 1. The molecular formula is C17H21ClN4O3S. The van der Waals surface area contributed by atoms with Crippen molar-refractivity contribution in [2.75, 3.05) is 18.4 Å². The van der Waals surface area contributed by atoms with Gasteiger partial charge in [0.2, 0.25) is 10.0 Å². The Morgan fingerprint density at radius 3 is 2.58 bits per heavy atom. The summed E-state index contributed by atoms with van der Waals surface area (Å²) in [5.41, 5.74) is 0.226. The van der Waals surface area contributed by atoms with Gasteiger partial charge in [-0.3, -0.25) is 4.79 Å².